The van der Waals surface area contributed by atoms with Crippen molar-refractivity contribution in [2.24, 2.45) is 5.92 Å². The Morgan fingerprint density at radius 1 is 1.62 bits per heavy atom. The normalized spacial score (nSPS) is 25.8. The molecule has 0 saturated carbocycles. The topological polar surface area (TPSA) is 66.3 Å². The summed E-state index contributed by atoms with van der Waals surface area (Å²) in [4.78, 5) is 13.5. The molecule has 5 nitrogen and oxygen atoms in total. The summed E-state index contributed by atoms with van der Waals surface area (Å²) in [5.74, 6) is 0.0393. The van der Waals surface area contributed by atoms with E-state index >= 15 is 0 Å². The van der Waals surface area contributed by atoms with E-state index in [9.17, 15) is 9.90 Å². The lowest BCUT2D eigenvalue weighted by Gasteiger charge is -2.33. The van der Waals surface area contributed by atoms with E-state index in [0.717, 1.165) is 17.8 Å². The number of hydrogen-bond donors (Lipinski definition) is 1. The first-order chi connectivity index (χ1) is 7.58. The summed E-state index contributed by atoms with van der Waals surface area (Å²) in [5.41, 5.74) is 0. The number of rotatable bonds is 1. The van der Waals surface area contributed by atoms with Crippen molar-refractivity contribution < 1.29 is 9.90 Å². The van der Waals surface area contributed by atoms with Crippen LogP contribution in [0.5, 0.6) is 0 Å². The molecule has 0 aromatic carbocycles. The van der Waals surface area contributed by atoms with E-state index in [4.69, 9.17) is 11.6 Å². The van der Waals surface area contributed by atoms with Gasteiger partial charge >= 0.3 is 0 Å². The largest absolute Gasteiger partial charge is 0.391 e. The van der Waals surface area contributed by atoms with Crippen molar-refractivity contribution in [2.75, 3.05) is 13.1 Å². The Balaban J connectivity index is 2.06. The monoisotopic (exact) mass is 261 g/mol. The first-order valence-electron chi connectivity index (χ1n) is 5.04. The van der Waals surface area contributed by atoms with Gasteiger partial charge in [0, 0.05) is 13.1 Å². The summed E-state index contributed by atoms with van der Waals surface area (Å²) in [6, 6.07) is 0. The molecular weight excluding hydrogens is 250 g/mol. The lowest BCUT2D eigenvalue weighted by Crippen LogP contribution is -2.45. The molecule has 1 aliphatic heterocycles. The van der Waals surface area contributed by atoms with Gasteiger partial charge in [0.25, 0.3) is 5.91 Å². The second-order valence-electron chi connectivity index (χ2n) is 3.94. The zero-order valence-corrected chi connectivity index (χ0v) is 10.3. The first-order valence-corrected chi connectivity index (χ1v) is 6.23. The van der Waals surface area contributed by atoms with Gasteiger partial charge in [-0.1, -0.05) is 18.3 Å². The van der Waals surface area contributed by atoms with Crippen LogP contribution in [0.1, 0.15) is 23.1 Å². The van der Waals surface area contributed by atoms with Crippen LogP contribution in [0.4, 0.5) is 0 Å². The fourth-order valence-corrected chi connectivity index (χ4v) is 2.46. The minimum absolute atomic E-state index is 0.199. The van der Waals surface area contributed by atoms with Crippen LogP contribution in [-0.2, 0) is 0 Å². The van der Waals surface area contributed by atoms with Gasteiger partial charge in [-0.25, -0.2) is 0 Å². The van der Waals surface area contributed by atoms with Gasteiger partial charge in [0.15, 0.2) is 0 Å². The molecule has 0 bridgehead atoms. The number of β-amino-alcohol motifs (C(OH)–C–C–N with tert-alkyl or cyclic N) is 1. The van der Waals surface area contributed by atoms with Crippen molar-refractivity contribution in [3.63, 3.8) is 0 Å². The summed E-state index contributed by atoms with van der Waals surface area (Å²) in [7, 11) is 0. The Bertz CT molecular complexity index is 398. The van der Waals surface area contributed by atoms with Crippen molar-refractivity contribution in [2.45, 2.75) is 19.4 Å². The number of aromatic nitrogens is 2. The number of aliphatic hydroxyl groups excluding tert-OH is 1. The van der Waals surface area contributed by atoms with Crippen LogP contribution in [0, 0.1) is 5.92 Å². The summed E-state index contributed by atoms with van der Waals surface area (Å²) < 4.78 is 0.259. The highest BCUT2D eigenvalue weighted by molar-refractivity contribution is 7.17. The molecule has 2 heterocycles. The lowest BCUT2D eigenvalue weighted by atomic mass is 9.96. The smallest absolute Gasteiger partial charge is 0.284 e. The van der Waals surface area contributed by atoms with Crippen molar-refractivity contribution in [1.29, 1.82) is 0 Å². The third-order valence-corrected chi connectivity index (χ3v) is 3.80. The van der Waals surface area contributed by atoms with Gasteiger partial charge < -0.3 is 10.0 Å². The molecule has 0 radical (unpaired) electrons. The van der Waals surface area contributed by atoms with Gasteiger partial charge in [-0.15, -0.1) is 10.2 Å². The first kappa shape index (κ1) is 11.8. The number of carbonyl (C=O) groups is 1. The quantitative estimate of drug-likeness (QED) is 0.820. The molecule has 2 unspecified atom stereocenters. The molecule has 1 aliphatic rings. The SMILES string of the molecule is CC1CCN(C(=O)c2nnc(Cl)s2)CC1O. The predicted octanol–water partition coefficient (Wildman–Crippen LogP) is 1.03. The Kier molecular flexibility index (Phi) is 3.41. The molecule has 7 heteroatoms. The van der Waals surface area contributed by atoms with Crippen LogP contribution < -0.4 is 0 Å². The number of halogens is 1. The summed E-state index contributed by atoms with van der Waals surface area (Å²) in [6.45, 7) is 2.99. The minimum atomic E-state index is -0.457. The fourth-order valence-electron chi connectivity index (χ4n) is 1.66. The number of amides is 1. The molecule has 1 fully saturated rings. The third kappa shape index (κ3) is 2.34. The molecular formula is C9H12ClN3O2S. The Morgan fingerprint density at radius 2 is 2.38 bits per heavy atom. The standard InChI is InChI=1S/C9H12ClN3O2S/c1-5-2-3-13(4-6(5)14)8(15)7-11-12-9(10)16-7/h5-6,14H,2-4H2,1H3. The van der Waals surface area contributed by atoms with Gasteiger partial charge in [0.2, 0.25) is 9.47 Å². The summed E-state index contributed by atoms with van der Waals surface area (Å²) in [5, 5.41) is 17.3. The number of hydrogen-bond acceptors (Lipinski definition) is 5. The number of carbonyl (C=O) groups excluding carboxylic acids is 1. The predicted molar refractivity (Wildman–Crippen MR) is 60.6 cm³/mol. The van der Waals surface area contributed by atoms with E-state index < -0.39 is 6.10 Å². The Labute approximate surface area is 102 Å². The molecule has 1 amide bonds. The molecule has 0 spiro atoms. The van der Waals surface area contributed by atoms with Gasteiger partial charge in [0.05, 0.1) is 6.10 Å². The number of likely N-dealkylation sites (tertiary alicyclic amines) is 1. The number of aliphatic hydroxyl groups is 1. The molecule has 16 heavy (non-hydrogen) atoms. The van der Waals surface area contributed by atoms with E-state index in [1.165, 1.54) is 0 Å². The number of piperidine rings is 1. The highest BCUT2D eigenvalue weighted by Crippen LogP contribution is 2.21. The van der Waals surface area contributed by atoms with Crippen molar-refractivity contribution in [3.05, 3.63) is 9.47 Å². The van der Waals surface area contributed by atoms with Crippen LogP contribution >= 0.6 is 22.9 Å². The van der Waals surface area contributed by atoms with E-state index in [0.29, 0.717) is 13.1 Å². The van der Waals surface area contributed by atoms with Crippen LogP contribution in [0.2, 0.25) is 4.47 Å². The van der Waals surface area contributed by atoms with Gasteiger partial charge in [-0.3, -0.25) is 4.79 Å². The summed E-state index contributed by atoms with van der Waals surface area (Å²) >= 11 is 6.68. The minimum Gasteiger partial charge on any atom is -0.391 e. The van der Waals surface area contributed by atoms with Crippen molar-refractivity contribution >= 4 is 28.8 Å². The van der Waals surface area contributed by atoms with Crippen LogP contribution in [0.3, 0.4) is 0 Å². The van der Waals surface area contributed by atoms with Gasteiger partial charge in [-0.05, 0) is 23.9 Å². The van der Waals surface area contributed by atoms with Crippen LogP contribution in [0.15, 0.2) is 0 Å². The van der Waals surface area contributed by atoms with Gasteiger partial charge in [0.1, 0.15) is 0 Å². The van der Waals surface area contributed by atoms with Crippen molar-refractivity contribution in [3.8, 4) is 0 Å². The van der Waals surface area contributed by atoms with Gasteiger partial charge in [-0.2, -0.15) is 0 Å². The molecule has 88 valence electrons. The fraction of sp³-hybridized carbons (Fsp3) is 0.667. The lowest BCUT2D eigenvalue weighted by molar-refractivity contribution is 0.0248. The zero-order valence-electron chi connectivity index (χ0n) is 8.76. The third-order valence-electron chi connectivity index (χ3n) is 2.79. The maximum Gasteiger partial charge on any atom is 0.284 e. The van der Waals surface area contributed by atoms with E-state index in [1.807, 2.05) is 6.92 Å². The zero-order chi connectivity index (χ0) is 11.7. The summed E-state index contributed by atoms with van der Waals surface area (Å²) in [6.07, 6.45) is 0.348. The van der Waals surface area contributed by atoms with E-state index in [1.54, 1.807) is 4.90 Å². The maximum atomic E-state index is 11.9. The molecule has 2 atom stereocenters. The van der Waals surface area contributed by atoms with Crippen molar-refractivity contribution in [1.82, 2.24) is 15.1 Å². The molecule has 0 aliphatic carbocycles. The average Bonchev–Trinajstić information content (AvgIpc) is 2.68. The maximum absolute atomic E-state index is 11.9. The average molecular weight is 262 g/mol. The Hall–Kier alpha value is -0.720. The molecule has 1 aromatic rings. The van der Waals surface area contributed by atoms with Crippen LogP contribution in [-0.4, -0.2) is 45.3 Å². The molecule has 1 N–H and O–H groups in total. The molecule has 1 aromatic heterocycles. The molecule has 1 saturated heterocycles. The molecule has 2 rings (SSSR count). The second kappa shape index (κ2) is 4.65. The van der Waals surface area contributed by atoms with E-state index in [2.05, 4.69) is 10.2 Å². The second-order valence-corrected chi connectivity index (χ2v) is 5.50. The number of nitrogens with zero attached hydrogens (tertiary/aromatic N) is 3. The Morgan fingerprint density at radius 3 is 2.94 bits per heavy atom. The highest BCUT2D eigenvalue weighted by Gasteiger charge is 2.29. The van der Waals surface area contributed by atoms with Crippen LogP contribution in [0.25, 0.3) is 0 Å². The van der Waals surface area contributed by atoms with E-state index in [-0.39, 0.29) is 21.3 Å². The highest BCUT2D eigenvalue weighted by atomic mass is 35.5.